The Kier molecular flexibility index (Phi) is 4.38. The van der Waals surface area contributed by atoms with Gasteiger partial charge in [0.05, 0.1) is 0 Å². The lowest BCUT2D eigenvalue weighted by molar-refractivity contribution is -0.142. The number of hydrogen-bond acceptors (Lipinski definition) is 2. The van der Waals surface area contributed by atoms with Gasteiger partial charge in [0.1, 0.15) is 6.04 Å². The summed E-state index contributed by atoms with van der Waals surface area (Å²) < 4.78 is 0. The summed E-state index contributed by atoms with van der Waals surface area (Å²) in [6.07, 6.45) is 2.84. The largest absolute Gasteiger partial charge is 0.480 e. The highest BCUT2D eigenvalue weighted by molar-refractivity contribution is 5.83. The van der Waals surface area contributed by atoms with Gasteiger partial charge in [0.25, 0.3) is 0 Å². The zero-order valence-corrected chi connectivity index (χ0v) is 11.5. The first kappa shape index (κ1) is 14.5. The van der Waals surface area contributed by atoms with Crippen molar-refractivity contribution in [1.82, 2.24) is 10.2 Å². The molecular weight excluding hydrogens is 232 g/mol. The second-order valence-electron chi connectivity index (χ2n) is 5.83. The number of carbonyl (C=O) groups excluding carboxylic acids is 1. The summed E-state index contributed by atoms with van der Waals surface area (Å²) in [4.78, 5) is 24.8. The first-order chi connectivity index (χ1) is 8.21. The van der Waals surface area contributed by atoms with Crippen LogP contribution in [0.25, 0.3) is 0 Å². The molecule has 0 aliphatic carbocycles. The smallest absolute Gasteiger partial charge is 0.326 e. The highest BCUT2D eigenvalue weighted by Crippen LogP contribution is 2.20. The van der Waals surface area contributed by atoms with Crippen molar-refractivity contribution < 1.29 is 14.7 Å². The van der Waals surface area contributed by atoms with Crippen LogP contribution in [0.5, 0.6) is 0 Å². The molecule has 5 heteroatoms. The number of nitrogens with one attached hydrogen (secondary N) is 1. The molecule has 1 atom stereocenters. The first-order valence-electron chi connectivity index (χ1n) is 6.15. The van der Waals surface area contributed by atoms with E-state index in [-0.39, 0.29) is 6.03 Å². The van der Waals surface area contributed by atoms with E-state index in [0.29, 0.717) is 13.1 Å². The minimum Gasteiger partial charge on any atom is -0.480 e. The van der Waals surface area contributed by atoms with Gasteiger partial charge in [0.2, 0.25) is 0 Å². The van der Waals surface area contributed by atoms with Crippen LogP contribution in [0, 0.1) is 5.41 Å². The third kappa shape index (κ3) is 3.75. The Hall–Kier alpha value is -1.52. The van der Waals surface area contributed by atoms with Crippen molar-refractivity contribution in [3.05, 3.63) is 11.6 Å². The quantitative estimate of drug-likeness (QED) is 0.739. The van der Waals surface area contributed by atoms with Crippen LogP contribution < -0.4 is 5.32 Å². The van der Waals surface area contributed by atoms with E-state index in [4.69, 9.17) is 5.11 Å². The fourth-order valence-electron chi connectivity index (χ4n) is 1.82. The Morgan fingerprint density at radius 2 is 2.06 bits per heavy atom. The zero-order chi connectivity index (χ0) is 13.9. The van der Waals surface area contributed by atoms with E-state index in [1.165, 1.54) is 5.57 Å². The Morgan fingerprint density at radius 1 is 1.44 bits per heavy atom. The van der Waals surface area contributed by atoms with Crippen molar-refractivity contribution in [3.63, 3.8) is 0 Å². The molecular formula is C13H22N2O3. The summed E-state index contributed by atoms with van der Waals surface area (Å²) in [6, 6.07) is -1.18. The van der Waals surface area contributed by atoms with Gasteiger partial charge >= 0.3 is 12.0 Å². The molecule has 102 valence electrons. The van der Waals surface area contributed by atoms with Gasteiger partial charge in [-0.1, -0.05) is 32.4 Å². The summed E-state index contributed by atoms with van der Waals surface area (Å²) in [5.74, 6) is -1.00. The van der Waals surface area contributed by atoms with Crippen LogP contribution in [-0.4, -0.2) is 41.1 Å². The molecule has 0 aromatic rings. The number of carbonyl (C=O) groups is 2. The van der Waals surface area contributed by atoms with Gasteiger partial charge in [-0.2, -0.15) is 0 Å². The van der Waals surface area contributed by atoms with Gasteiger partial charge in [-0.15, -0.1) is 0 Å². The molecule has 0 radical (unpaired) electrons. The molecule has 0 bridgehead atoms. The van der Waals surface area contributed by atoms with E-state index < -0.39 is 17.4 Å². The van der Waals surface area contributed by atoms with Crippen molar-refractivity contribution >= 4 is 12.0 Å². The fourth-order valence-corrected chi connectivity index (χ4v) is 1.82. The van der Waals surface area contributed by atoms with Crippen LogP contribution in [-0.2, 0) is 4.79 Å². The Balaban J connectivity index is 2.66. The first-order valence-corrected chi connectivity index (χ1v) is 6.15. The maximum Gasteiger partial charge on any atom is 0.326 e. The summed E-state index contributed by atoms with van der Waals surface area (Å²) in [5, 5.41) is 11.8. The molecule has 0 saturated heterocycles. The van der Waals surface area contributed by atoms with Gasteiger partial charge in [0, 0.05) is 13.1 Å². The molecule has 0 fully saturated rings. The predicted octanol–water partition coefficient (Wildman–Crippen LogP) is 1.85. The number of amides is 2. The average molecular weight is 254 g/mol. The molecule has 5 nitrogen and oxygen atoms in total. The van der Waals surface area contributed by atoms with Gasteiger partial charge in [-0.05, 0) is 18.8 Å². The molecule has 0 aromatic heterocycles. The highest BCUT2D eigenvalue weighted by atomic mass is 16.4. The van der Waals surface area contributed by atoms with E-state index in [2.05, 4.69) is 5.32 Å². The third-order valence-corrected chi connectivity index (χ3v) is 3.10. The van der Waals surface area contributed by atoms with Crippen molar-refractivity contribution in [2.24, 2.45) is 5.41 Å². The van der Waals surface area contributed by atoms with Crippen molar-refractivity contribution in [1.29, 1.82) is 0 Å². The third-order valence-electron chi connectivity index (χ3n) is 3.10. The molecule has 2 amide bonds. The standard InChI is InChI=1S/C13H22N2O3/c1-9-5-7-15(8-6-9)12(18)14-10(11(16)17)13(2,3)4/h5,10H,6-8H2,1-4H3,(H,14,18)(H,16,17)/t10-/m1/s1. The Bertz CT molecular complexity index is 369. The molecule has 0 spiro atoms. The molecule has 0 unspecified atom stereocenters. The molecule has 1 rings (SSSR count). The van der Waals surface area contributed by atoms with Gasteiger partial charge in [0.15, 0.2) is 0 Å². The molecule has 1 heterocycles. The lowest BCUT2D eigenvalue weighted by Crippen LogP contribution is -2.53. The van der Waals surface area contributed by atoms with Gasteiger partial charge in [-0.25, -0.2) is 9.59 Å². The van der Waals surface area contributed by atoms with E-state index in [1.807, 2.05) is 13.0 Å². The van der Waals surface area contributed by atoms with Crippen molar-refractivity contribution in [2.45, 2.75) is 40.2 Å². The van der Waals surface area contributed by atoms with E-state index in [0.717, 1.165) is 6.42 Å². The number of rotatable bonds is 2. The van der Waals surface area contributed by atoms with Crippen molar-refractivity contribution in [2.75, 3.05) is 13.1 Å². The number of carboxylic acid groups (broad SMARTS) is 1. The maximum absolute atomic E-state index is 12.0. The summed E-state index contributed by atoms with van der Waals surface area (Å²) in [5.41, 5.74) is 0.757. The molecule has 2 N–H and O–H groups in total. The van der Waals surface area contributed by atoms with Gasteiger partial charge in [-0.3, -0.25) is 0 Å². The molecule has 1 aliphatic rings. The van der Waals surface area contributed by atoms with Crippen LogP contribution in [0.4, 0.5) is 4.79 Å². The Morgan fingerprint density at radius 3 is 2.44 bits per heavy atom. The summed E-state index contributed by atoms with van der Waals surface area (Å²) >= 11 is 0. The van der Waals surface area contributed by atoms with E-state index in [1.54, 1.807) is 25.7 Å². The molecule has 0 aromatic carbocycles. The van der Waals surface area contributed by atoms with Gasteiger partial charge < -0.3 is 15.3 Å². The van der Waals surface area contributed by atoms with E-state index >= 15 is 0 Å². The normalized spacial score (nSPS) is 18.0. The second kappa shape index (κ2) is 5.42. The molecule has 18 heavy (non-hydrogen) atoms. The number of hydrogen-bond donors (Lipinski definition) is 2. The highest BCUT2D eigenvalue weighted by Gasteiger charge is 2.33. The number of nitrogens with zero attached hydrogens (tertiary/aromatic N) is 1. The Labute approximate surface area is 108 Å². The minimum atomic E-state index is -1.00. The monoisotopic (exact) mass is 254 g/mol. The minimum absolute atomic E-state index is 0.305. The summed E-state index contributed by atoms with van der Waals surface area (Å²) in [6.45, 7) is 8.62. The number of aliphatic carboxylic acids is 1. The SMILES string of the molecule is CC1=CCN(C(=O)N[C@H](C(=O)O)C(C)(C)C)CC1. The molecule has 0 saturated carbocycles. The van der Waals surface area contributed by atoms with Crippen LogP contribution in [0.3, 0.4) is 0 Å². The number of carboxylic acids is 1. The van der Waals surface area contributed by atoms with Crippen molar-refractivity contribution in [3.8, 4) is 0 Å². The van der Waals surface area contributed by atoms with Crippen LogP contribution in [0.1, 0.15) is 34.1 Å². The molecule has 1 aliphatic heterocycles. The maximum atomic E-state index is 12.0. The van der Waals surface area contributed by atoms with Crippen LogP contribution >= 0.6 is 0 Å². The fraction of sp³-hybridized carbons (Fsp3) is 0.692. The second-order valence-corrected chi connectivity index (χ2v) is 5.83. The van der Waals surface area contributed by atoms with Crippen LogP contribution in [0.15, 0.2) is 11.6 Å². The lowest BCUT2D eigenvalue weighted by Gasteiger charge is -2.32. The predicted molar refractivity (Wildman–Crippen MR) is 69.4 cm³/mol. The van der Waals surface area contributed by atoms with Crippen LogP contribution in [0.2, 0.25) is 0 Å². The number of urea groups is 1. The zero-order valence-electron chi connectivity index (χ0n) is 11.5. The summed E-state index contributed by atoms with van der Waals surface area (Å²) in [7, 11) is 0. The van der Waals surface area contributed by atoms with E-state index in [9.17, 15) is 9.59 Å². The topological polar surface area (TPSA) is 69.6 Å². The average Bonchev–Trinajstić information content (AvgIpc) is 2.24. The lowest BCUT2D eigenvalue weighted by atomic mass is 9.87.